The number of carbonyl (C=O) groups is 2. The van der Waals surface area contributed by atoms with Crippen LogP contribution in [0.1, 0.15) is 24.3 Å². The van der Waals surface area contributed by atoms with Crippen LogP contribution in [0.3, 0.4) is 0 Å². The topological polar surface area (TPSA) is 90.5 Å². The zero-order chi connectivity index (χ0) is 19.2. The number of nitrogens with one attached hydrogen (secondary N) is 2. The van der Waals surface area contributed by atoms with Crippen LogP contribution in [0.15, 0.2) is 36.5 Å². The van der Waals surface area contributed by atoms with Gasteiger partial charge in [-0.1, -0.05) is 6.92 Å². The number of hydrogen-bond donors (Lipinski definition) is 2. The molecule has 142 valence electrons. The Morgan fingerprint density at radius 1 is 1.04 bits per heavy atom. The molecule has 2 heterocycles. The molecular weight excluding hydrogens is 344 g/mol. The zero-order valence-corrected chi connectivity index (χ0v) is 15.6. The molecule has 8 heteroatoms. The molecule has 0 atom stereocenters. The Bertz CT molecular complexity index is 800. The minimum atomic E-state index is -0.120. The maximum atomic E-state index is 12.7. The molecule has 1 fully saturated rings. The Balaban J connectivity index is 1.65. The van der Waals surface area contributed by atoms with E-state index >= 15 is 0 Å². The average Bonchev–Trinajstić information content (AvgIpc) is 2.69. The summed E-state index contributed by atoms with van der Waals surface area (Å²) >= 11 is 0. The van der Waals surface area contributed by atoms with Gasteiger partial charge in [0.05, 0.1) is 0 Å². The van der Waals surface area contributed by atoms with Crippen molar-refractivity contribution in [2.24, 2.45) is 0 Å². The zero-order valence-electron chi connectivity index (χ0n) is 15.6. The minimum absolute atomic E-state index is 0.0720. The summed E-state index contributed by atoms with van der Waals surface area (Å²) < 4.78 is 0. The van der Waals surface area contributed by atoms with E-state index in [-0.39, 0.29) is 11.8 Å². The number of nitrogens with zero attached hydrogens (tertiary/aromatic N) is 4. The van der Waals surface area contributed by atoms with E-state index in [1.165, 1.54) is 6.92 Å². The molecule has 0 radical (unpaired) electrons. The van der Waals surface area contributed by atoms with E-state index in [0.29, 0.717) is 30.4 Å². The maximum absolute atomic E-state index is 12.7. The van der Waals surface area contributed by atoms with E-state index in [1.54, 1.807) is 24.4 Å². The largest absolute Gasteiger partial charge is 0.335 e. The van der Waals surface area contributed by atoms with E-state index in [1.807, 2.05) is 17.0 Å². The number of anilines is 3. The van der Waals surface area contributed by atoms with Crippen LogP contribution in [0.5, 0.6) is 0 Å². The van der Waals surface area contributed by atoms with Crippen LogP contribution < -0.4 is 10.6 Å². The van der Waals surface area contributed by atoms with Crippen LogP contribution in [-0.2, 0) is 4.79 Å². The van der Waals surface area contributed by atoms with Crippen LogP contribution in [0.4, 0.5) is 17.3 Å². The molecule has 1 aliphatic rings. The Kier molecular flexibility index (Phi) is 5.97. The predicted molar refractivity (Wildman–Crippen MR) is 104 cm³/mol. The van der Waals surface area contributed by atoms with Crippen molar-refractivity contribution in [3.63, 3.8) is 0 Å². The highest BCUT2D eigenvalue weighted by Gasteiger charge is 2.22. The van der Waals surface area contributed by atoms with E-state index in [0.717, 1.165) is 25.3 Å². The monoisotopic (exact) mass is 368 g/mol. The van der Waals surface area contributed by atoms with Gasteiger partial charge in [0, 0.05) is 50.7 Å². The Morgan fingerprint density at radius 3 is 2.33 bits per heavy atom. The molecule has 1 aromatic heterocycles. The first-order valence-electron chi connectivity index (χ1n) is 9.04. The number of benzene rings is 1. The molecular formula is C19H24N6O2. The molecule has 2 aromatic rings. The van der Waals surface area contributed by atoms with Gasteiger partial charge in [0.1, 0.15) is 5.69 Å². The van der Waals surface area contributed by atoms with Gasteiger partial charge in [-0.2, -0.15) is 0 Å². The number of aromatic nitrogens is 2. The molecule has 0 spiro atoms. The highest BCUT2D eigenvalue weighted by atomic mass is 16.2. The second-order valence-electron chi connectivity index (χ2n) is 6.38. The van der Waals surface area contributed by atoms with Crippen molar-refractivity contribution in [2.75, 3.05) is 43.4 Å². The molecule has 0 saturated carbocycles. The molecule has 3 rings (SSSR count). The smallest absolute Gasteiger partial charge is 0.272 e. The van der Waals surface area contributed by atoms with E-state index in [4.69, 9.17) is 0 Å². The summed E-state index contributed by atoms with van der Waals surface area (Å²) in [5.41, 5.74) is 1.86. The van der Waals surface area contributed by atoms with Gasteiger partial charge in [0.2, 0.25) is 11.9 Å². The number of rotatable bonds is 5. The number of piperazine rings is 1. The van der Waals surface area contributed by atoms with Gasteiger partial charge in [0.25, 0.3) is 5.91 Å². The fraction of sp³-hybridized carbons (Fsp3) is 0.368. The summed E-state index contributed by atoms with van der Waals surface area (Å²) in [6.45, 7) is 7.80. The van der Waals surface area contributed by atoms with Crippen LogP contribution in [0.25, 0.3) is 0 Å². The van der Waals surface area contributed by atoms with Crippen molar-refractivity contribution >= 4 is 29.1 Å². The molecule has 2 amide bonds. The van der Waals surface area contributed by atoms with Crippen LogP contribution >= 0.6 is 0 Å². The van der Waals surface area contributed by atoms with Gasteiger partial charge in [0.15, 0.2) is 0 Å². The summed E-state index contributed by atoms with van der Waals surface area (Å²) in [6, 6.07) is 8.83. The summed E-state index contributed by atoms with van der Waals surface area (Å²) in [7, 11) is 0. The van der Waals surface area contributed by atoms with Crippen molar-refractivity contribution in [3.05, 3.63) is 42.2 Å². The summed E-state index contributed by atoms with van der Waals surface area (Å²) in [5, 5.41) is 5.80. The Morgan fingerprint density at radius 2 is 1.70 bits per heavy atom. The van der Waals surface area contributed by atoms with Crippen LogP contribution in [0.2, 0.25) is 0 Å². The number of carbonyl (C=O) groups excluding carboxylic acids is 2. The molecule has 1 aromatic carbocycles. The van der Waals surface area contributed by atoms with Gasteiger partial charge in [-0.3, -0.25) is 9.59 Å². The van der Waals surface area contributed by atoms with Crippen molar-refractivity contribution in [1.82, 2.24) is 19.8 Å². The molecule has 0 unspecified atom stereocenters. The van der Waals surface area contributed by atoms with Gasteiger partial charge < -0.3 is 20.4 Å². The third-order valence-corrected chi connectivity index (χ3v) is 4.44. The van der Waals surface area contributed by atoms with Crippen LogP contribution in [0, 0.1) is 0 Å². The highest BCUT2D eigenvalue weighted by Crippen LogP contribution is 2.17. The van der Waals surface area contributed by atoms with E-state index < -0.39 is 0 Å². The first-order chi connectivity index (χ1) is 13.0. The number of hydrogen-bond acceptors (Lipinski definition) is 6. The SMILES string of the molecule is CCN1CCN(C(=O)c2ccnc(Nc3ccc(NC(C)=O)cc3)n2)CC1. The van der Waals surface area contributed by atoms with E-state index in [2.05, 4.69) is 32.4 Å². The van der Waals surface area contributed by atoms with Crippen LogP contribution in [-0.4, -0.2) is 64.3 Å². The number of amides is 2. The molecule has 1 aliphatic heterocycles. The predicted octanol–water partition coefficient (Wildman–Crippen LogP) is 1.96. The summed E-state index contributed by atoms with van der Waals surface area (Å²) in [5.74, 6) is 0.169. The lowest BCUT2D eigenvalue weighted by Gasteiger charge is -2.33. The summed E-state index contributed by atoms with van der Waals surface area (Å²) in [4.78, 5) is 36.5. The molecule has 2 N–H and O–H groups in total. The third kappa shape index (κ3) is 5.01. The standard InChI is InChI=1S/C19H24N6O2/c1-3-24-10-12-25(13-11-24)18(27)17-8-9-20-19(23-17)22-16-6-4-15(5-7-16)21-14(2)26/h4-9H,3,10-13H2,1-2H3,(H,21,26)(H,20,22,23). The maximum Gasteiger partial charge on any atom is 0.272 e. The van der Waals surface area contributed by atoms with Crippen molar-refractivity contribution in [1.29, 1.82) is 0 Å². The minimum Gasteiger partial charge on any atom is -0.335 e. The highest BCUT2D eigenvalue weighted by molar-refractivity contribution is 5.92. The number of likely N-dealkylation sites (N-methyl/N-ethyl adjacent to an activating group) is 1. The molecule has 0 bridgehead atoms. The molecule has 27 heavy (non-hydrogen) atoms. The second kappa shape index (κ2) is 8.59. The fourth-order valence-electron chi connectivity index (χ4n) is 2.94. The van der Waals surface area contributed by atoms with Crippen molar-refractivity contribution in [3.8, 4) is 0 Å². The normalized spacial score (nSPS) is 14.7. The second-order valence-corrected chi connectivity index (χ2v) is 6.38. The third-order valence-electron chi connectivity index (χ3n) is 4.44. The molecule has 0 aliphatic carbocycles. The lowest BCUT2D eigenvalue weighted by atomic mass is 10.2. The fourth-order valence-corrected chi connectivity index (χ4v) is 2.94. The lowest BCUT2D eigenvalue weighted by molar-refractivity contribution is -0.114. The Labute approximate surface area is 158 Å². The van der Waals surface area contributed by atoms with E-state index in [9.17, 15) is 9.59 Å². The average molecular weight is 368 g/mol. The van der Waals surface area contributed by atoms with Crippen molar-refractivity contribution < 1.29 is 9.59 Å². The summed E-state index contributed by atoms with van der Waals surface area (Å²) in [6.07, 6.45) is 1.58. The van der Waals surface area contributed by atoms with Gasteiger partial charge >= 0.3 is 0 Å². The molecule has 8 nitrogen and oxygen atoms in total. The Hall–Kier alpha value is -3.00. The van der Waals surface area contributed by atoms with Gasteiger partial charge in [-0.25, -0.2) is 9.97 Å². The van der Waals surface area contributed by atoms with Gasteiger partial charge in [-0.15, -0.1) is 0 Å². The lowest BCUT2D eigenvalue weighted by Crippen LogP contribution is -2.48. The molecule has 1 saturated heterocycles. The first-order valence-corrected chi connectivity index (χ1v) is 9.04. The first kappa shape index (κ1) is 18.8. The van der Waals surface area contributed by atoms with Crippen molar-refractivity contribution in [2.45, 2.75) is 13.8 Å². The van der Waals surface area contributed by atoms with Gasteiger partial charge in [-0.05, 0) is 36.9 Å². The quantitative estimate of drug-likeness (QED) is 0.838.